The Kier molecular flexibility index (Phi) is 3.87. The van der Waals surface area contributed by atoms with Crippen molar-refractivity contribution >= 4 is 15.9 Å². The van der Waals surface area contributed by atoms with E-state index in [0.29, 0.717) is 23.5 Å². The molecule has 0 amide bonds. The van der Waals surface area contributed by atoms with Gasteiger partial charge in [-0.2, -0.15) is 0 Å². The van der Waals surface area contributed by atoms with Crippen LogP contribution in [0.15, 0.2) is 40.9 Å². The highest BCUT2D eigenvalue weighted by Crippen LogP contribution is 2.42. The van der Waals surface area contributed by atoms with Crippen molar-refractivity contribution < 1.29 is 13.9 Å². The van der Waals surface area contributed by atoms with Crippen molar-refractivity contribution in [3.05, 3.63) is 57.8 Å². The first-order chi connectivity index (χ1) is 10.1. The zero-order chi connectivity index (χ0) is 15.0. The fourth-order valence-electron chi connectivity index (χ4n) is 2.56. The minimum atomic E-state index is -0.405. The second-order valence-electron chi connectivity index (χ2n) is 5.02. The quantitative estimate of drug-likeness (QED) is 0.884. The van der Waals surface area contributed by atoms with Crippen molar-refractivity contribution in [1.29, 1.82) is 0 Å². The molecule has 2 N–H and O–H groups in total. The first-order valence-electron chi connectivity index (χ1n) is 6.63. The van der Waals surface area contributed by atoms with Crippen molar-refractivity contribution in [1.82, 2.24) is 0 Å². The highest BCUT2D eigenvalue weighted by atomic mass is 79.9. The van der Waals surface area contributed by atoms with E-state index in [1.165, 1.54) is 6.07 Å². The number of methoxy groups -OCH3 is 1. The Hall–Kier alpha value is -1.59. The molecule has 1 unspecified atom stereocenters. The van der Waals surface area contributed by atoms with Gasteiger partial charge >= 0.3 is 0 Å². The minimum Gasteiger partial charge on any atom is -0.497 e. The summed E-state index contributed by atoms with van der Waals surface area (Å²) >= 11 is 3.36. The van der Waals surface area contributed by atoms with Crippen molar-refractivity contribution in [2.45, 2.75) is 18.6 Å². The maximum Gasteiger partial charge on any atom is 0.130 e. The lowest BCUT2D eigenvalue weighted by atomic mass is 9.93. The molecule has 3 nitrogen and oxygen atoms in total. The minimum absolute atomic E-state index is 0.192. The van der Waals surface area contributed by atoms with E-state index in [9.17, 15) is 4.39 Å². The maximum atomic E-state index is 14.0. The average molecular weight is 352 g/mol. The van der Waals surface area contributed by atoms with Crippen LogP contribution in [-0.2, 0) is 0 Å². The van der Waals surface area contributed by atoms with Gasteiger partial charge in [-0.3, -0.25) is 0 Å². The van der Waals surface area contributed by atoms with Crippen molar-refractivity contribution in [2.75, 3.05) is 7.11 Å². The standard InChI is InChI=1S/C16H15BrFNO2/c1-20-10-3-4-11-14(19)8-16(21-15(11)7-10)12-6-9(17)2-5-13(12)18/h2-7,14,16H,8,19H2,1H3/t14-,16?/m1/s1. The van der Waals surface area contributed by atoms with Gasteiger partial charge in [-0.1, -0.05) is 22.0 Å². The largest absolute Gasteiger partial charge is 0.497 e. The third kappa shape index (κ3) is 2.76. The van der Waals surface area contributed by atoms with Gasteiger partial charge in [0.05, 0.1) is 7.11 Å². The van der Waals surface area contributed by atoms with Crippen LogP contribution in [0.1, 0.15) is 29.7 Å². The van der Waals surface area contributed by atoms with Gasteiger partial charge in [0.2, 0.25) is 0 Å². The summed E-state index contributed by atoms with van der Waals surface area (Å²) in [6.07, 6.45) is 0.129. The number of nitrogens with two attached hydrogens (primary N) is 1. The van der Waals surface area contributed by atoms with Crippen LogP contribution >= 0.6 is 15.9 Å². The number of ether oxygens (including phenoxy) is 2. The molecule has 1 heterocycles. The summed E-state index contributed by atoms with van der Waals surface area (Å²) in [6, 6.07) is 10.2. The van der Waals surface area contributed by atoms with E-state index in [2.05, 4.69) is 15.9 Å². The molecule has 0 radical (unpaired) electrons. The first kappa shape index (κ1) is 14.4. The molecule has 0 saturated heterocycles. The van der Waals surface area contributed by atoms with Crippen molar-refractivity contribution in [2.24, 2.45) is 5.73 Å². The van der Waals surface area contributed by atoms with Gasteiger partial charge in [-0.25, -0.2) is 4.39 Å². The van der Waals surface area contributed by atoms with Crippen LogP contribution in [0, 0.1) is 5.82 Å². The zero-order valence-corrected chi connectivity index (χ0v) is 13.1. The lowest BCUT2D eigenvalue weighted by Crippen LogP contribution is -2.24. The van der Waals surface area contributed by atoms with Crippen molar-refractivity contribution in [3.63, 3.8) is 0 Å². The Morgan fingerprint density at radius 3 is 2.81 bits per heavy atom. The number of rotatable bonds is 2. The lowest BCUT2D eigenvalue weighted by Gasteiger charge is -2.31. The summed E-state index contributed by atoms with van der Waals surface area (Å²) in [5.41, 5.74) is 7.63. The molecule has 2 aromatic rings. The summed E-state index contributed by atoms with van der Waals surface area (Å²) in [6.45, 7) is 0. The molecule has 1 aliphatic rings. The number of halogens is 2. The van der Waals surface area contributed by atoms with Gasteiger partial charge in [-0.05, 0) is 24.3 Å². The Morgan fingerprint density at radius 1 is 1.24 bits per heavy atom. The van der Waals surface area contributed by atoms with Gasteiger partial charge in [0.15, 0.2) is 0 Å². The Bertz CT molecular complexity index is 677. The second-order valence-corrected chi connectivity index (χ2v) is 5.93. The van der Waals surface area contributed by atoms with Crippen LogP contribution in [0.5, 0.6) is 11.5 Å². The van der Waals surface area contributed by atoms with E-state index in [0.717, 1.165) is 10.0 Å². The van der Waals surface area contributed by atoms with E-state index in [1.54, 1.807) is 25.3 Å². The van der Waals surface area contributed by atoms with Gasteiger partial charge < -0.3 is 15.2 Å². The third-order valence-corrected chi connectivity index (χ3v) is 4.16. The Balaban J connectivity index is 1.98. The summed E-state index contributed by atoms with van der Waals surface area (Å²) in [4.78, 5) is 0. The van der Waals surface area contributed by atoms with Crippen LogP contribution in [0.25, 0.3) is 0 Å². The number of hydrogen-bond donors (Lipinski definition) is 1. The second kappa shape index (κ2) is 5.66. The normalized spacial score (nSPS) is 20.6. The SMILES string of the molecule is COc1ccc2c(c1)OC(c1cc(Br)ccc1F)C[C@H]2N. The third-order valence-electron chi connectivity index (χ3n) is 3.66. The molecule has 110 valence electrons. The lowest BCUT2D eigenvalue weighted by molar-refractivity contribution is 0.156. The molecule has 0 aromatic heterocycles. The summed E-state index contributed by atoms with van der Waals surface area (Å²) < 4.78 is 26.0. The Morgan fingerprint density at radius 2 is 2.05 bits per heavy atom. The molecular formula is C16H15BrFNO2. The predicted octanol–water partition coefficient (Wildman–Crippen LogP) is 4.12. The van der Waals surface area contributed by atoms with Gasteiger partial charge in [0.1, 0.15) is 23.4 Å². The number of fused-ring (bicyclic) bond motifs is 1. The molecule has 21 heavy (non-hydrogen) atoms. The molecule has 0 saturated carbocycles. The molecule has 0 bridgehead atoms. The predicted molar refractivity (Wildman–Crippen MR) is 82.0 cm³/mol. The topological polar surface area (TPSA) is 44.5 Å². The molecule has 2 aromatic carbocycles. The highest BCUT2D eigenvalue weighted by molar-refractivity contribution is 9.10. The maximum absolute atomic E-state index is 14.0. The summed E-state index contributed by atoms with van der Waals surface area (Å²) in [5.74, 6) is 1.05. The van der Waals surface area contributed by atoms with E-state index in [1.807, 2.05) is 12.1 Å². The monoisotopic (exact) mass is 351 g/mol. The van der Waals surface area contributed by atoms with Gasteiger partial charge in [0.25, 0.3) is 0 Å². The van der Waals surface area contributed by atoms with Crippen LogP contribution in [0.2, 0.25) is 0 Å². The molecule has 0 fully saturated rings. The van der Waals surface area contributed by atoms with Crippen LogP contribution < -0.4 is 15.2 Å². The molecule has 5 heteroatoms. The molecule has 0 spiro atoms. The van der Waals surface area contributed by atoms with E-state index < -0.39 is 6.10 Å². The van der Waals surface area contributed by atoms with Crippen LogP contribution in [0.3, 0.4) is 0 Å². The highest BCUT2D eigenvalue weighted by Gasteiger charge is 2.29. The zero-order valence-electron chi connectivity index (χ0n) is 11.5. The fraction of sp³-hybridized carbons (Fsp3) is 0.250. The van der Waals surface area contributed by atoms with Gasteiger partial charge in [-0.15, -0.1) is 0 Å². The summed E-state index contributed by atoms with van der Waals surface area (Å²) in [7, 11) is 1.59. The first-order valence-corrected chi connectivity index (χ1v) is 7.43. The van der Waals surface area contributed by atoms with E-state index >= 15 is 0 Å². The smallest absolute Gasteiger partial charge is 0.130 e. The molecule has 2 atom stereocenters. The van der Waals surface area contributed by atoms with Crippen LogP contribution in [0.4, 0.5) is 4.39 Å². The van der Waals surface area contributed by atoms with Gasteiger partial charge in [0, 0.05) is 34.1 Å². The molecule has 0 aliphatic carbocycles. The number of benzene rings is 2. The molecule has 3 rings (SSSR count). The number of hydrogen-bond acceptors (Lipinski definition) is 3. The Labute approximate surface area is 131 Å². The van der Waals surface area contributed by atoms with Crippen molar-refractivity contribution in [3.8, 4) is 11.5 Å². The van der Waals surface area contributed by atoms with E-state index in [-0.39, 0.29) is 11.9 Å². The summed E-state index contributed by atoms with van der Waals surface area (Å²) in [5, 5.41) is 0. The molecule has 1 aliphatic heterocycles. The van der Waals surface area contributed by atoms with Crippen LogP contribution in [-0.4, -0.2) is 7.11 Å². The molecular weight excluding hydrogens is 337 g/mol. The fourth-order valence-corrected chi connectivity index (χ4v) is 2.94. The average Bonchev–Trinajstić information content (AvgIpc) is 2.49. The van der Waals surface area contributed by atoms with E-state index in [4.69, 9.17) is 15.2 Å².